The van der Waals surface area contributed by atoms with E-state index in [2.05, 4.69) is 208 Å². The molecule has 2 aromatic heterocycles. The molecule has 0 aliphatic rings. The molecule has 0 aliphatic heterocycles. The summed E-state index contributed by atoms with van der Waals surface area (Å²) in [5, 5.41) is 4.46. The number of anilines is 6. The lowest BCUT2D eigenvalue weighted by Gasteiger charge is -2.26. The SMILES string of the molecule is c1ccc(N(c2ccccc2)c2cccc(-n3c4ccc(N(c5ccccc5)c5ccccc5)cc4c4c5oc6ccccc6c5ccc43)c2)cc1. The molecule has 8 aromatic carbocycles. The van der Waals surface area contributed by atoms with E-state index in [1.54, 1.807) is 0 Å². The average molecular weight is 668 g/mol. The third-order valence-corrected chi connectivity index (χ3v) is 9.92. The molecule has 10 rings (SSSR count). The maximum atomic E-state index is 6.74. The van der Waals surface area contributed by atoms with Crippen molar-refractivity contribution in [2.24, 2.45) is 0 Å². The highest BCUT2D eigenvalue weighted by Gasteiger charge is 2.22. The van der Waals surface area contributed by atoms with Crippen LogP contribution in [0.2, 0.25) is 0 Å². The highest BCUT2D eigenvalue weighted by atomic mass is 16.3. The van der Waals surface area contributed by atoms with Crippen molar-refractivity contribution < 1.29 is 4.42 Å². The Balaban J connectivity index is 1.24. The van der Waals surface area contributed by atoms with Gasteiger partial charge in [0.2, 0.25) is 0 Å². The van der Waals surface area contributed by atoms with Crippen LogP contribution in [0.4, 0.5) is 34.1 Å². The van der Waals surface area contributed by atoms with Crippen molar-refractivity contribution in [3.05, 3.63) is 200 Å². The van der Waals surface area contributed by atoms with Crippen LogP contribution in [0.3, 0.4) is 0 Å². The normalized spacial score (nSPS) is 11.5. The van der Waals surface area contributed by atoms with Gasteiger partial charge in [-0.3, -0.25) is 0 Å². The van der Waals surface area contributed by atoms with E-state index in [-0.39, 0.29) is 0 Å². The number of nitrogens with zero attached hydrogens (tertiary/aromatic N) is 3. The van der Waals surface area contributed by atoms with E-state index >= 15 is 0 Å². The van der Waals surface area contributed by atoms with Gasteiger partial charge in [-0.15, -0.1) is 0 Å². The zero-order chi connectivity index (χ0) is 34.4. The summed E-state index contributed by atoms with van der Waals surface area (Å²) in [6.07, 6.45) is 0. The van der Waals surface area contributed by atoms with E-state index in [4.69, 9.17) is 4.42 Å². The monoisotopic (exact) mass is 667 g/mol. The Morgan fingerprint density at radius 2 is 0.846 bits per heavy atom. The van der Waals surface area contributed by atoms with Crippen LogP contribution in [0, 0.1) is 0 Å². The maximum absolute atomic E-state index is 6.74. The first kappa shape index (κ1) is 29.8. The fourth-order valence-corrected chi connectivity index (χ4v) is 7.67. The van der Waals surface area contributed by atoms with Crippen molar-refractivity contribution in [1.29, 1.82) is 0 Å². The first-order chi connectivity index (χ1) is 25.8. The molecule has 0 saturated carbocycles. The second kappa shape index (κ2) is 12.4. The number of rotatable bonds is 7. The molecule has 0 N–H and O–H groups in total. The van der Waals surface area contributed by atoms with Crippen LogP contribution in [0.15, 0.2) is 205 Å². The maximum Gasteiger partial charge on any atom is 0.145 e. The molecule has 0 amide bonds. The minimum atomic E-state index is 0.889. The molecule has 10 aromatic rings. The van der Waals surface area contributed by atoms with Gasteiger partial charge in [0.25, 0.3) is 0 Å². The molecule has 0 bridgehead atoms. The molecule has 0 unspecified atom stereocenters. The molecule has 0 fully saturated rings. The van der Waals surface area contributed by atoms with Gasteiger partial charge in [0.1, 0.15) is 11.2 Å². The molecular weight excluding hydrogens is 635 g/mol. The summed E-state index contributed by atoms with van der Waals surface area (Å²) in [5.41, 5.74) is 11.6. The lowest BCUT2D eigenvalue weighted by molar-refractivity contribution is 0.673. The summed E-state index contributed by atoms with van der Waals surface area (Å²) in [5.74, 6) is 0. The minimum Gasteiger partial charge on any atom is -0.455 e. The molecule has 4 nitrogen and oxygen atoms in total. The second-order valence-corrected chi connectivity index (χ2v) is 13.0. The minimum absolute atomic E-state index is 0.889. The van der Waals surface area contributed by atoms with Gasteiger partial charge in [-0.1, -0.05) is 97.1 Å². The summed E-state index contributed by atoms with van der Waals surface area (Å²) in [7, 11) is 0. The summed E-state index contributed by atoms with van der Waals surface area (Å²) < 4.78 is 9.12. The Morgan fingerprint density at radius 1 is 0.346 bits per heavy atom. The largest absolute Gasteiger partial charge is 0.455 e. The molecule has 246 valence electrons. The summed E-state index contributed by atoms with van der Waals surface area (Å²) in [4.78, 5) is 4.63. The molecule has 0 atom stereocenters. The fraction of sp³-hybridized carbons (Fsp3) is 0. The Kier molecular flexibility index (Phi) is 7.10. The molecule has 52 heavy (non-hydrogen) atoms. The fourth-order valence-electron chi connectivity index (χ4n) is 7.67. The third kappa shape index (κ3) is 4.92. The zero-order valence-electron chi connectivity index (χ0n) is 28.3. The van der Waals surface area contributed by atoms with Crippen molar-refractivity contribution in [3.63, 3.8) is 0 Å². The van der Waals surface area contributed by atoms with E-state index in [0.717, 1.165) is 83.6 Å². The Morgan fingerprint density at radius 3 is 1.44 bits per heavy atom. The Hall–Kier alpha value is -7.04. The number of furan rings is 1. The Bertz CT molecular complexity index is 2760. The third-order valence-electron chi connectivity index (χ3n) is 9.92. The van der Waals surface area contributed by atoms with Crippen LogP contribution in [-0.4, -0.2) is 4.57 Å². The van der Waals surface area contributed by atoms with Crippen LogP contribution in [-0.2, 0) is 0 Å². The van der Waals surface area contributed by atoms with E-state index in [1.165, 1.54) is 0 Å². The Labute approximate surface area is 301 Å². The number of hydrogen-bond donors (Lipinski definition) is 0. The van der Waals surface area contributed by atoms with Gasteiger partial charge >= 0.3 is 0 Å². The van der Waals surface area contributed by atoms with Crippen LogP contribution < -0.4 is 9.80 Å². The van der Waals surface area contributed by atoms with Crippen molar-refractivity contribution in [1.82, 2.24) is 4.57 Å². The quantitative estimate of drug-likeness (QED) is 0.169. The summed E-state index contributed by atoms with van der Waals surface area (Å²) in [6, 6.07) is 70.7. The van der Waals surface area contributed by atoms with Gasteiger partial charge in [0.15, 0.2) is 0 Å². The standard InChI is InChI=1S/C48H33N3O/c1-5-16-34(17-6-1)49(35-18-7-2-8-19-35)38-24-15-25-39(32-38)51-44-30-28-40(50(36-20-9-3-10-21-36)37-22-11-4-12-23-37)33-43(44)47-45(51)31-29-42-41-26-13-14-27-46(41)52-48(42)47/h1-33H. The highest BCUT2D eigenvalue weighted by Crippen LogP contribution is 2.44. The smallest absolute Gasteiger partial charge is 0.145 e. The number of hydrogen-bond acceptors (Lipinski definition) is 3. The average Bonchev–Trinajstić information content (AvgIpc) is 3.76. The summed E-state index contributed by atoms with van der Waals surface area (Å²) >= 11 is 0. The molecular formula is C48H33N3O. The number of benzene rings is 8. The van der Waals surface area contributed by atoms with Crippen molar-refractivity contribution in [2.45, 2.75) is 0 Å². The van der Waals surface area contributed by atoms with Crippen molar-refractivity contribution in [2.75, 3.05) is 9.80 Å². The molecule has 4 heteroatoms. The van der Waals surface area contributed by atoms with Gasteiger partial charge in [0.05, 0.1) is 16.4 Å². The van der Waals surface area contributed by atoms with Crippen molar-refractivity contribution in [3.8, 4) is 5.69 Å². The molecule has 0 aliphatic carbocycles. The van der Waals surface area contributed by atoms with Crippen molar-refractivity contribution >= 4 is 77.9 Å². The van der Waals surface area contributed by atoms with Gasteiger partial charge < -0.3 is 18.8 Å². The topological polar surface area (TPSA) is 24.6 Å². The molecule has 0 radical (unpaired) electrons. The lowest BCUT2D eigenvalue weighted by atomic mass is 10.1. The first-order valence-corrected chi connectivity index (χ1v) is 17.6. The van der Waals surface area contributed by atoms with Gasteiger partial charge in [-0.25, -0.2) is 0 Å². The van der Waals surface area contributed by atoms with Crippen LogP contribution >= 0.6 is 0 Å². The van der Waals surface area contributed by atoms with Gasteiger partial charge in [-0.05, 0) is 103 Å². The van der Waals surface area contributed by atoms with E-state index in [9.17, 15) is 0 Å². The molecule has 2 heterocycles. The van der Waals surface area contributed by atoms with Gasteiger partial charge in [-0.2, -0.15) is 0 Å². The zero-order valence-corrected chi connectivity index (χ0v) is 28.3. The molecule has 0 saturated heterocycles. The van der Waals surface area contributed by atoms with Crippen LogP contribution in [0.5, 0.6) is 0 Å². The number of aromatic nitrogens is 1. The van der Waals surface area contributed by atoms with E-state index < -0.39 is 0 Å². The lowest BCUT2D eigenvalue weighted by Crippen LogP contribution is -2.10. The predicted octanol–water partition coefficient (Wildman–Crippen LogP) is 13.6. The van der Waals surface area contributed by atoms with Crippen LogP contribution in [0.25, 0.3) is 49.4 Å². The predicted molar refractivity (Wildman–Crippen MR) is 217 cm³/mol. The highest BCUT2D eigenvalue weighted by molar-refractivity contribution is 6.24. The van der Waals surface area contributed by atoms with Gasteiger partial charge in [0, 0.05) is 56.0 Å². The summed E-state index contributed by atoms with van der Waals surface area (Å²) in [6.45, 7) is 0. The van der Waals surface area contributed by atoms with Crippen LogP contribution in [0.1, 0.15) is 0 Å². The van der Waals surface area contributed by atoms with E-state index in [0.29, 0.717) is 0 Å². The van der Waals surface area contributed by atoms with E-state index in [1.807, 2.05) is 6.07 Å². The molecule has 0 spiro atoms. The number of para-hydroxylation sites is 5. The number of fused-ring (bicyclic) bond motifs is 7. The second-order valence-electron chi connectivity index (χ2n) is 13.0. The first-order valence-electron chi connectivity index (χ1n) is 17.6.